The van der Waals surface area contributed by atoms with Gasteiger partial charge in [-0.05, 0) is 24.5 Å². The molecule has 0 amide bonds. The second-order valence-electron chi connectivity index (χ2n) is 3.66. The average molecular weight is 201 g/mol. The highest BCUT2D eigenvalue weighted by molar-refractivity contribution is 5.67. The van der Waals surface area contributed by atoms with Crippen molar-refractivity contribution in [1.82, 2.24) is 10.2 Å². The number of hydrogen-bond donors (Lipinski definition) is 2. The molecule has 78 valence electrons. The van der Waals surface area contributed by atoms with E-state index in [0.717, 1.165) is 23.2 Å². The van der Waals surface area contributed by atoms with E-state index in [2.05, 4.69) is 41.4 Å². The Hall–Kier alpha value is -1.77. The van der Waals surface area contributed by atoms with Crippen LogP contribution in [0.5, 0.6) is 0 Å². The van der Waals surface area contributed by atoms with Crippen LogP contribution in [0.2, 0.25) is 0 Å². The number of aromatic nitrogens is 2. The highest BCUT2D eigenvalue weighted by atomic mass is 15.2. The normalized spacial score (nSPS) is 10.5. The lowest BCUT2D eigenvalue weighted by Crippen LogP contribution is -1.86. The van der Waals surface area contributed by atoms with Crippen molar-refractivity contribution in [3.63, 3.8) is 0 Å². The van der Waals surface area contributed by atoms with Crippen LogP contribution >= 0.6 is 0 Å². The van der Waals surface area contributed by atoms with E-state index in [0.29, 0.717) is 5.82 Å². The molecule has 0 fully saturated rings. The van der Waals surface area contributed by atoms with Crippen LogP contribution < -0.4 is 5.73 Å². The molecule has 2 rings (SSSR count). The van der Waals surface area contributed by atoms with Crippen LogP contribution in [0.4, 0.5) is 5.82 Å². The van der Waals surface area contributed by atoms with Crippen LogP contribution in [0.15, 0.2) is 24.3 Å². The van der Waals surface area contributed by atoms with E-state index >= 15 is 0 Å². The maximum atomic E-state index is 5.69. The van der Waals surface area contributed by atoms with Crippen molar-refractivity contribution in [3.8, 4) is 11.3 Å². The SMILES string of the molecule is CCc1ccc(-c2[nH]nc(N)c2C)cc1. The van der Waals surface area contributed by atoms with Crippen LogP contribution in [0.1, 0.15) is 18.1 Å². The van der Waals surface area contributed by atoms with E-state index in [1.54, 1.807) is 0 Å². The van der Waals surface area contributed by atoms with Gasteiger partial charge in [0.25, 0.3) is 0 Å². The molecule has 0 spiro atoms. The molecule has 15 heavy (non-hydrogen) atoms. The number of H-pyrrole nitrogens is 1. The predicted molar refractivity (Wildman–Crippen MR) is 62.6 cm³/mol. The topological polar surface area (TPSA) is 54.7 Å². The first-order valence-corrected chi connectivity index (χ1v) is 5.12. The lowest BCUT2D eigenvalue weighted by Gasteiger charge is -2.01. The number of benzene rings is 1. The van der Waals surface area contributed by atoms with Gasteiger partial charge in [-0.3, -0.25) is 5.10 Å². The fourth-order valence-corrected chi connectivity index (χ4v) is 1.60. The molecular weight excluding hydrogens is 186 g/mol. The molecule has 3 N–H and O–H groups in total. The Kier molecular flexibility index (Phi) is 2.46. The first kappa shape index (κ1) is 9.77. The average Bonchev–Trinajstić information content (AvgIpc) is 2.60. The summed E-state index contributed by atoms with van der Waals surface area (Å²) in [5, 5.41) is 6.94. The Balaban J connectivity index is 2.41. The van der Waals surface area contributed by atoms with Gasteiger partial charge in [0.15, 0.2) is 0 Å². The van der Waals surface area contributed by atoms with Crippen LogP contribution in [-0.2, 0) is 6.42 Å². The predicted octanol–water partition coefficient (Wildman–Crippen LogP) is 2.53. The molecule has 0 saturated carbocycles. The second kappa shape index (κ2) is 3.77. The summed E-state index contributed by atoms with van der Waals surface area (Å²) in [6, 6.07) is 8.45. The molecule has 2 aromatic rings. The zero-order valence-corrected chi connectivity index (χ0v) is 9.04. The molecular formula is C12H15N3. The summed E-state index contributed by atoms with van der Waals surface area (Å²) >= 11 is 0. The number of nitrogens with zero attached hydrogens (tertiary/aromatic N) is 1. The van der Waals surface area contributed by atoms with Crippen LogP contribution in [0.3, 0.4) is 0 Å². The maximum Gasteiger partial charge on any atom is 0.148 e. The van der Waals surface area contributed by atoms with Gasteiger partial charge in [0, 0.05) is 5.56 Å². The summed E-state index contributed by atoms with van der Waals surface area (Å²) in [4.78, 5) is 0. The number of aromatic amines is 1. The standard InChI is InChI=1S/C12H15N3/c1-3-9-4-6-10(7-5-9)11-8(2)12(13)15-14-11/h4-7H,3H2,1-2H3,(H3,13,14,15). The molecule has 0 atom stereocenters. The Morgan fingerprint density at radius 2 is 1.93 bits per heavy atom. The van der Waals surface area contributed by atoms with Crippen molar-refractivity contribution in [3.05, 3.63) is 35.4 Å². The molecule has 0 aliphatic heterocycles. The highest BCUT2D eigenvalue weighted by Crippen LogP contribution is 2.24. The van der Waals surface area contributed by atoms with Gasteiger partial charge in [-0.15, -0.1) is 0 Å². The van der Waals surface area contributed by atoms with Crippen molar-refractivity contribution in [1.29, 1.82) is 0 Å². The van der Waals surface area contributed by atoms with Gasteiger partial charge < -0.3 is 5.73 Å². The summed E-state index contributed by atoms with van der Waals surface area (Å²) in [6.07, 6.45) is 1.06. The Morgan fingerprint density at radius 3 is 2.40 bits per heavy atom. The Labute approximate surface area is 89.3 Å². The van der Waals surface area contributed by atoms with Gasteiger partial charge in [0.2, 0.25) is 0 Å². The minimum atomic E-state index is 0.574. The number of nitrogen functional groups attached to an aromatic ring is 1. The monoisotopic (exact) mass is 201 g/mol. The summed E-state index contributed by atoms with van der Waals surface area (Å²) in [5.74, 6) is 0.574. The Morgan fingerprint density at radius 1 is 1.27 bits per heavy atom. The maximum absolute atomic E-state index is 5.69. The van der Waals surface area contributed by atoms with E-state index in [-0.39, 0.29) is 0 Å². The first-order chi connectivity index (χ1) is 7.22. The number of nitrogens with two attached hydrogens (primary N) is 1. The number of nitrogens with one attached hydrogen (secondary N) is 1. The zero-order chi connectivity index (χ0) is 10.8. The number of hydrogen-bond acceptors (Lipinski definition) is 2. The van der Waals surface area contributed by atoms with E-state index in [1.165, 1.54) is 5.56 Å². The molecule has 3 heteroatoms. The fourth-order valence-electron chi connectivity index (χ4n) is 1.60. The minimum Gasteiger partial charge on any atom is -0.382 e. The number of anilines is 1. The van der Waals surface area contributed by atoms with Gasteiger partial charge >= 0.3 is 0 Å². The summed E-state index contributed by atoms with van der Waals surface area (Å²) in [7, 11) is 0. The lowest BCUT2D eigenvalue weighted by molar-refractivity contribution is 1.10. The van der Waals surface area contributed by atoms with Crippen molar-refractivity contribution >= 4 is 5.82 Å². The molecule has 1 aromatic heterocycles. The Bertz CT molecular complexity index is 454. The number of rotatable bonds is 2. The molecule has 3 nitrogen and oxygen atoms in total. The van der Waals surface area contributed by atoms with Gasteiger partial charge in [0.1, 0.15) is 5.82 Å². The van der Waals surface area contributed by atoms with E-state index in [9.17, 15) is 0 Å². The van der Waals surface area contributed by atoms with Crippen molar-refractivity contribution < 1.29 is 0 Å². The molecule has 0 unspecified atom stereocenters. The molecule has 0 saturated heterocycles. The molecule has 1 heterocycles. The van der Waals surface area contributed by atoms with Gasteiger partial charge in [-0.1, -0.05) is 31.2 Å². The summed E-state index contributed by atoms with van der Waals surface area (Å²) < 4.78 is 0. The highest BCUT2D eigenvalue weighted by Gasteiger charge is 2.07. The first-order valence-electron chi connectivity index (χ1n) is 5.12. The van der Waals surface area contributed by atoms with Gasteiger partial charge in [-0.25, -0.2) is 0 Å². The molecule has 0 radical (unpaired) electrons. The van der Waals surface area contributed by atoms with Crippen molar-refractivity contribution in [2.45, 2.75) is 20.3 Å². The zero-order valence-electron chi connectivity index (χ0n) is 9.04. The molecule has 0 bridgehead atoms. The van der Waals surface area contributed by atoms with Crippen molar-refractivity contribution in [2.75, 3.05) is 5.73 Å². The van der Waals surface area contributed by atoms with Crippen molar-refractivity contribution in [2.24, 2.45) is 0 Å². The number of aryl methyl sites for hydroxylation is 1. The third-order valence-corrected chi connectivity index (χ3v) is 2.70. The molecule has 1 aromatic carbocycles. The summed E-state index contributed by atoms with van der Waals surface area (Å²) in [6.45, 7) is 4.12. The van der Waals surface area contributed by atoms with Crippen LogP contribution in [0, 0.1) is 6.92 Å². The molecule has 0 aliphatic rings. The van der Waals surface area contributed by atoms with E-state index < -0.39 is 0 Å². The van der Waals surface area contributed by atoms with E-state index in [1.807, 2.05) is 6.92 Å². The van der Waals surface area contributed by atoms with Gasteiger partial charge in [0.05, 0.1) is 5.69 Å². The third kappa shape index (κ3) is 1.73. The quantitative estimate of drug-likeness (QED) is 0.784. The van der Waals surface area contributed by atoms with Crippen LogP contribution in [0.25, 0.3) is 11.3 Å². The molecule has 0 aliphatic carbocycles. The second-order valence-corrected chi connectivity index (χ2v) is 3.66. The smallest absolute Gasteiger partial charge is 0.148 e. The summed E-state index contributed by atoms with van der Waals surface area (Å²) in [5.41, 5.74) is 10.2. The van der Waals surface area contributed by atoms with Gasteiger partial charge in [-0.2, -0.15) is 5.10 Å². The third-order valence-electron chi connectivity index (χ3n) is 2.70. The van der Waals surface area contributed by atoms with Crippen LogP contribution in [-0.4, -0.2) is 10.2 Å². The largest absolute Gasteiger partial charge is 0.382 e. The fraction of sp³-hybridized carbons (Fsp3) is 0.250. The van der Waals surface area contributed by atoms with E-state index in [4.69, 9.17) is 5.73 Å². The lowest BCUT2D eigenvalue weighted by atomic mass is 10.1. The minimum absolute atomic E-state index is 0.574.